The predicted octanol–water partition coefficient (Wildman–Crippen LogP) is 2.35. The Kier molecular flexibility index (Phi) is 4.78. The molecule has 0 aromatic heterocycles. The van der Waals surface area contributed by atoms with Gasteiger partial charge in [0.15, 0.2) is 0 Å². The van der Waals surface area contributed by atoms with E-state index >= 15 is 0 Å². The largest absolute Gasteiger partial charge is 0.489 e. The van der Waals surface area contributed by atoms with E-state index in [4.69, 9.17) is 10.5 Å². The molecule has 1 aromatic carbocycles. The molecule has 0 spiro atoms. The topological polar surface area (TPSA) is 38.5 Å². The minimum Gasteiger partial charge on any atom is -0.489 e. The first-order valence-electron chi connectivity index (χ1n) is 6.52. The van der Waals surface area contributed by atoms with Crippen LogP contribution in [0.2, 0.25) is 0 Å². The van der Waals surface area contributed by atoms with Crippen LogP contribution in [-0.4, -0.2) is 36.7 Å². The zero-order valence-electron chi connectivity index (χ0n) is 11.1. The highest BCUT2D eigenvalue weighted by Crippen LogP contribution is 2.32. The zero-order valence-corrected chi connectivity index (χ0v) is 12.0. The van der Waals surface area contributed by atoms with E-state index in [0.717, 1.165) is 23.8 Å². The number of nitrogens with two attached hydrogens (primary N) is 1. The molecule has 1 heterocycles. The molecule has 1 aliphatic heterocycles. The fourth-order valence-electron chi connectivity index (χ4n) is 2.22. The molecule has 0 radical (unpaired) electrons. The highest BCUT2D eigenvalue weighted by Gasteiger charge is 2.24. The Bertz CT molecular complexity index is 384. The Morgan fingerprint density at radius 1 is 1.44 bits per heavy atom. The maximum Gasteiger partial charge on any atom is 0.142 e. The number of hydrogen-bond acceptors (Lipinski definition) is 4. The van der Waals surface area contributed by atoms with Crippen molar-refractivity contribution in [2.75, 3.05) is 29.5 Å². The van der Waals surface area contributed by atoms with Crippen LogP contribution >= 0.6 is 11.8 Å². The monoisotopic (exact) mass is 266 g/mol. The third-order valence-corrected chi connectivity index (χ3v) is 4.13. The van der Waals surface area contributed by atoms with Gasteiger partial charge in [0.1, 0.15) is 5.75 Å². The lowest BCUT2D eigenvalue weighted by molar-refractivity contribution is 0.242. The van der Waals surface area contributed by atoms with Gasteiger partial charge in [-0.05, 0) is 26.0 Å². The summed E-state index contributed by atoms with van der Waals surface area (Å²) in [6, 6.07) is 8.69. The normalized spacial score (nSPS) is 20.2. The highest BCUT2D eigenvalue weighted by molar-refractivity contribution is 7.99. The maximum absolute atomic E-state index is 5.90. The minimum atomic E-state index is 0.196. The van der Waals surface area contributed by atoms with Crippen LogP contribution in [0.15, 0.2) is 24.3 Å². The standard InChI is InChI=1S/C14H22N2OS/c1-11(2)17-14-6-4-3-5-13(14)16-7-8-18-10-12(16)9-15/h3-6,11-12H,7-10,15H2,1-2H3. The smallest absolute Gasteiger partial charge is 0.142 e. The number of ether oxygens (including phenoxy) is 1. The Morgan fingerprint density at radius 2 is 2.22 bits per heavy atom. The van der Waals surface area contributed by atoms with Gasteiger partial charge in [-0.15, -0.1) is 0 Å². The van der Waals surface area contributed by atoms with Crippen LogP contribution in [0.5, 0.6) is 5.75 Å². The van der Waals surface area contributed by atoms with E-state index < -0.39 is 0 Å². The Hall–Kier alpha value is -0.870. The first-order valence-corrected chi connectivity index (χ1v) is 7.68. The van der Waals surface area contributed by atoms with Crippen molar-refractivity contribution in [3.8, 4) is 5.75 Å². The molecule has 0 amide bonds. The molecule has 0 aliphatic carbocycles. The zero-order chi connectivity index (χ0) is 13.0. The number of hydrogen-bond donors (Lipinski definition) is 1. The average Bonchev–Trinajstić information content (AvgIpc) is 2.39. The van der Waals surface area contributed by atoms with Gasteiger partial charge in [-0.1, -0.05) is 12.1 Å². The van der Waals surface area contributed by atoms with Crippen LogP contribution in [0.3, 0.4) is 0 Å². The molecule has 3 nitrogen and oxygen atoms in total. The summed E-state index contributed by atoms with van der Waals surface area (Å²) in [6.45, 7) is 5.86. The second-order valence-corrected chi connectivity index (χ2v) is 5.94. The van der Waals surface area contributed by atoms with Crippen molar-refractivity contribution in [2.24, 2.45) is 5.73 Å². The summed E-state index contributed by atoms with van der Waals surface area (Å²) in [5.41, 5.74) is 7.07. The molecule has 1 aromatic rings. The molecule has 1 unspecified atom stereocenters. The van der Waals surface area contributed by atoms with Crippen molar-refractivity contribution in [3.63, 3.8) is 0 Å². The fraction of sp³-hybridized carbons (Fsp3) is 0.571. The van der Waals surface area contributed by atoms with Gasteiger partial charge in [0, 0.05) is 24.6 Å². The molecule has 100 valence electrons. The Balaban J connectivity index is 2.24. The van der Waals surface area contributed by atoms with Crippen molar-refractivity contribution in [3.05, 3.63) is 24.3 Å². The number of nitrogens with zero attached hydrogens (tertiary/aromatic N) is 1. The second kappa shape index (κ2) is 6.34. The van der Waals surface area contributed by atoms with Crippen molar-refractivity contribution >= 4 is 17.4 Å². The summed E-state index contributed by atoms with van der Waals surface area (Å²) in [5.74, 6) is 3.23. The first kappa shape index (κ1) is 13.6. The summed E-state index contributed by atoms with van der Waals surface area (Å²) in [5, 5.41) is 0. The third kappa shape index (κ3) is 3.12. The summed E-state index contributed by atoms with van der Waals surface area (Å²) < 4.78 is 5.90. The van der Waals surface area contributed by atoms with E-state index in [0.29, 0.717) is 12.6 Å². The molecule has 0 saturated carbocycles. The highest BCUT2D eigenvalue weighted by atomic mass is 32.2. The van der Waals surface area contributed by atoms with Crippen LogP contribution < -0.4 is 15.4 Å². The number of thioether (sulfide) groups is 1. The van der Waals surface area contributed by atoms with Crippen molar-refractivity contribution in [2.45, 2.75) is 26.0 Å². The molecular formula is C14H22N2OS. The van der Waals surface area contributed by atoms with Crippen molar-refractivity contribution in [1.82, 2.24) is 0 Å². The Labute approximate surface area is 114 Å². The van der Waals surface area contributed by atoms with Crippen molar-refractivity contribution < 1.29 is 4.74 Å². The molecule has 0 bridgehead atoms. The fourth-order valence-corrected chi connectivity index (χ4v) is 3.30. The predicted molar refractivity (Wildman–Crippen MR) is 79.7 cm³/mol. The maximum atomic E-state index is 5.90. The van der Waals surface area contributed by atoms with E-state index in [1.807, 2.05) is 23.9 Å². The lowest BCUT2D eigenvalue weighted by atomic mass is 10.2. The van der Waals surface area contributed by atoms with E-state index in [1.165, 1.54) is 5.69 Å². The first-order chi connectivity index (χ1) is 8.72. The van der Waals surface area contributed by atoms with E-state index in [2.05, 4.69) is 30.9 Å². The molecule has 18 heavy (non-hydrogen) atoms. The quantitative estimate of drug-likeness (QED) is 0.908. The lowest BCUT2D eigenvalue weighted by Crippen LogP contribution is -2.47. The van der Waals surface area contributed by atoms with Gasteiger partial charge in [-0.3, -0.25) is 0 Å². The molecule has 1 saturated heterocycles. The van der Waals surface area contributed by atoms with Gasteiger partial charge in [0.25, 0.3) is 0 Å². The molecule has 4 heteroatoms. The number of para-hydroxylation sites is 2. The minimum absolute atomic E-state index is 0.196. The molecule has 2 rings (SSSR count). The molecule has 1 aliphatic rings. The van der Waals surface area contributed by atoms with Crippen LogP contribution in [0.4, 0.5) is 5.69 Å². The van der Waals surface area contributed by atoms with Gasteiger partial charge >= 0.3 is 0 Å². The second-order valence-electron chi connectivity index (χ2n) is 4.79. The van der Waals surface area contributed by atoms with Gasteiger partial charge in [-0.2, -0.15) is 11.8 Å². The average molecular weight is 266 g/mol. The summed E-state index contributed by atoms with van der Waals surface area (Å²) >= 11 is 1.98. The third-order valence-electron chi connectivity index (χ3n) is 3.04. The van der Waals surface area contributed by atoms with Crippen LogP contribution in [0.1, 0.15) is 13.8 Å². The van der Waals surface area contributed by atoms with Crippen LogP contribution in [0, 0.1) is 0 Å². The van der Waals surface area contributed by atoms with E-state index in [-0.39, 0.29) is 6.10 Å². The number of anilines is 1. The van der Waals surface area contributed by atoms with Gasteiger partial charge in [0.05, 0.1) is 17.8 Å². The lowest BCUT2D eigenvalue weighted by Gasteiger charge is -2.37. The number of rotatable bonds is 4. The summed E-state index contributed by atoms with van der Waals surface area (Å²) in [7, 11) is 0. The SMILES string of the molecule is CC(C)Oc1ccccc1N1CCSCC1CN. The number of benzene rings is 1. The molecule has 2 N–H and O–H groups in total. The summed E-state index contributed by atoms with van der Waals surface area (Å²) in [6.07, 6.45) is 0.196. The van der Waals surface area contributed by atoms with Crippen LogP contribution in [0.25, 0.3) is 0 Å². The molecule has 1 atom stereocenters. The van der Waals surface area contributed by atoms with E-state index in [9.17, 15) is 0 Å². The van der Waals surface area contributed by atoms with Crippen LogP contribution in [-0.2, 0) is 0 Å². The summed E-state index contributed by atoms with van der Waals surface area (Å²) in [4.78, 5) is 2.40. The van der Waals surface area contributed by atoms with Crippen molar-refractivity contribution in [1.29, 1.82) is 0 Å². The van der Waals surface area contributed by atoms with Gasteiger partial charge in [0.2, 0.25) is 0 Å². The Morgan fingerprint density at radius 3 is 2.94 bits per heavy atom. The van der Waals surface area contributed by atoms with E-state index in [1.54, 1.807) is 0 Å². The molecule has 1 fully saturated rings. The van der Waals surface area contributed by atoms with Gasteiger partial charge in [-0.25, -0.2) is 0 Å². The molecular weight excluding hydrogens is 244 g/mol. The van der Waals surface area contributed by atoms with Gasteiger partial charge < -0.3 is 15.4 Å².